The first kappa shape index (κ1) is 10.6. The van der Waals surface area contributed by atoms with Gasteiger partial charge in [-0.2, -0.15) is 0 Å². The zero-order valence-electron chi connectivity index (χ0n) is 8.50. The topological polar surface area (TPSA) is 49.0 Å². The number of aromatic amines is 1. The maximum absolute atomic E-state index is 11.3. The van der Waals surface area contributed by atoms with Gasteiger partial charge >= 0.3 is 0 Å². The summed E-state index contributed by atoms with van der Waals surface area (Å²) < 4.78 is 0. The largest absolute Gasteiger partial charge is 0.309 e. The molecule has 1 N–H and O–H groups in total. The first-order valence-electron chi connectivity index (χ1n) is 5.15. The van der Waals surface area contributed by atoms with Crippen molar-refractivity contribution in [2.24, 2.45) is 0 Å². The Morgan fingerprint density at radius 3 is 2.87 bits per heavy atom. The Hall–Kier alpha value is -0.870. The molecule has 1 saturated heterocycles. The van der Waals surface area contributed by atoms with E-state index in [4.69, 9.17) is 11.6 Å². The molecule has 1 aromatic heterocycles. The number of hydrogen-bond acceptors (Lipinski definition) is 3. The van der Waals surface area contributed by atoms with E-state index in [1.807, 2.05) is 0 Å². The summed E-state index contributed by atoms with van der Waals surface area (Å²) in [5.41, 5.74) is 0.532. The van der Waals surface area contributed by atoms with Crippen LogP contribution in [0.5, 0.6) is 0 Å². The number of halogens is 1. The van der Waals surface area contributed by atoms with Crippen molar-refractivity contribution in [2.45, 2.75) is 25.3 Å². The van der Waals surface area contributed by atoms with Crippen LogP contribution in [0.2, 0.25) is 0 Å². The molecule has 0 radical (unpaired) electrons. The molecule has 0 aromatic carbocycles. The summed E-state index contributed by atoms with van der Waals surface area (Å²) in [6.45, 7) is 2.91. The van der Waals surface area contributed by atoms with E-state index < -0.39 is 0 Å². The number of hydrogen-bond donors (Lipinski definition) is 1. The maximum Gasteiger partial charge on any atom is 0.251 e. The molecular weight excluding hydrogens is 214 g/mol. The van der Waals surface area contributed by atoms with Crippen LogP contribution >= 0.6 is 11.6 Å². The van der Waals surface area contributed by atoms with E-state index in [0.717, 1.165) is 25.5 Å². The van der Waals surface area contributed by atoms with Crippen molar-refractivity contribution in [1.29, 1.82) is 0 Å². The molecule has 0 amide bonds. The molecule has 1 fully saturated rings. The molecule has 2 rings (SSSR count). The molecule has 2 heterocycles. The van der Waals surface area contributed by atoms with E-state index in [1.54, 1.807) is 0 Å². The molecule has 0 spiro atoms. The Morgan fingerprint density at radius 1 is 1.47 bits per heavy atom. The lowest BCUT2D eigenvalue weighted by molar-refractivity contribution is 0.321. The van der Waals surface area contributed by atoms with Crippen LogP contribution in [0.25, 0.3) is 0 Å². The third-order valence-electron chi connectivity index (χ3n) is 2.55. The fraction of sp³-hybridized carbons (Fsp3) is 0.600. The maximum atomic E-state index is 11.3. The van der Waals surface area contributed by atoms with Gasteiger partial charge in [0.05, 0.1) is 18.1 Å². The fourth-order valence-corrected chi connectivity index (χ4v) is 2.00. The van der Waals surface area contributed by atoms with Crippen molar-refractivity contribution in [1.82, 2.24) is 14.9 Å². The van der Waals surface area contributed by atoms with E-state index in [2.05, 4.69) is 14.9 Å². The minimum atomic E-state index is -0.116. The fourth-order valence-electron chi connectivity index (χ4n) is 1.86. The summed E-state index contributed by atoms with van der Waals surface area (Å²) in [4.78, 5) is 20.6. The summed E-state index contributed by atoms with van der Waals surface area (Å²) in [5, 5.41) is 0. The van der Waals surface area contributed by atoms with Gasteiger partial charge in [0.1, 0.15) is 5.82 Å². The first-order chi connectivity index (χ1) is 7.28. The highest BCUT2D eigenvalue weighted by molar-refractivity contribution is 6.16. The third-order valence-corrected chi connectivity index (χ3v) is 2.83. The molecule has 0 bridgehead atoms. The van der Waals surface area contributed by atoms with Crippen molar-refractivity contribution < 1.29 is 0 Å². The smallest absolute Gasteiger partial charge is 0.251 e. The van der Waals surface area contributed by atoms with Crippen LogP contribution in [0, 0.1) is 0 Å². The Balaban J connectivity index is 2.12. The Kier molecular flexibility index (Phi) is 3.38. The molecule has 0 aliphatic carbocycles. The van der Waals surface area contributed by atoms with Gasteiger partial charge in [0.2, 0.25) is 0 Å². The number of alkyl halides is 1. The summed E-state index contributed by atoms with van der Waals surface area (Å²) in [6, 6.07) is 1.44. The summed E-state index contributed by atoms with van der Waals surface area (Å²) in [7, 11) is 0. The summed E-state index contributed by atoms with van der Waals surface area (Å²) in [5.74, 6) is 1.01. The van der Waals surface area contributed by atoms with E-state index in [9.17, 15) is 4.79 Å². The van der Waals surface area contributed by atoms with Crippen LogP contribution in [0.4, 0.5) is 0 Å². The van der Waals surface area contributed by atoms with Crippen LogP contribution in [0.3, 0.4) is 0 Å². The van der Waals surface area contributed by atoms with Gasteiger partial charge < -0.3 is 4.98 Å². The van der Waals surface area contributed by atoms with Crippen molar-refractivity contribution in [3.05, 3.63) is 27.9 Å². The lowest BCUT2D eigenvalue weighted by atomic mass is 10.4. The average molecular weight is 228 g/mol. The quantitative estimate of drug-likeness (QED) is 0.787. The molecule has 1 aliphatic rings. The van der Waals surface area contributed by atoms with E-state index in [-0.39, 0.29) is 11.4 Å². The van der Waals surface area contributed by atoms with Gasteiger partial charge in [-0.3, -0.25) is 9.69 Å². The number of rotatable bonds is 3. The second kappa shape index (κ2) is 4.77. The number of nitrogens with one attached hydrogen (secondary N) is 1. The van der Waals surface area contributed by atoms with Crippen molar-refractivity contribution in [3.8, 4) is 0 Å². The van der Waals surface area contributed by atoms with Gasteiger partial charge in [-0.1, -0.05) is 0 Å². The normalized spacial score (nSPS) is 17.1. The predicted molar refractivity (Wildman–Crippen MR) is 58.9 cm³/mol. The lowest BCUT2D eigenvalue weighted by Gasteiger charge is -2.13. The second-order valence-electron chi connectivity index (χ2n) is 3.80. The van der Waals surface area contributed by atoms with Crippen molar-refractivity contribution >= 4 is 11.6 Å². The van der Waals surface area contributed by atoms with Gasteiger partial charge in [-0.05, 0) is 25.9 Å². The van der Waals surface area contributed by atoms with Crippen molar-refractivity contribution in [2.75, 3.05) is 13.1 Å². The van der Waals surface area contributed by atoms with Crippen LogP contribution in [-0.2, 0) is 12.4 Å². The zero-order chi connectivity index (χ0) is 10.7. The number of H-pyrrole nitrogens is 1. The van der Waals surface area contributed by atoms with Crippen molar-refractivity contribution in [3.63, 3.8) is 0 Å². The van der Waals surface area contributed by atoms with Gasteiger partial charge in [0, 0.05) is 6.07 Å². The highest BCUT2D eigenvalue weighted by Crippen LogP contribution is 2.09. The van der Waals surface area contributed by atoms with Crippen LogP contribution in [0.1, 0.15) is 24.4 Å². The monoisotopic (exact) mass is 227 g/mol. The Bertz CT molecular complexity index is 384. The van der Waals surface area contributed by atoms with Crippen LogP contribution in [-0.4, -0.2) is 28.0 Å². The van der Waals surface area contributed by atoms with Gasteiger partial charge in [0.15, 0.2) is 0 Å². The highest BCUT2D eigenvalue weighted by Gasteiger charge is 2.13. The van der Waals surface area contributed by atoms with Gasteiger partial charge in [0.25, 0.3) is 5.56 Å². The number of likely N-dealkylation sites (tertiary alicyclic amines) is 1. The number of aromatic nitrogens is 2. The zero-order valence-corrected chi connectivity index (χ0v) is 9.26. The van der Waals surface area contributed by atoms with Crippen LogP contribution in [0.15, 0.2) is 10.9 Å². The molecule has 0 saturated carbocycles. The standard InChI is InChI=1S/C10H14ClN3O/c11-6-8-5-10(15)13-9(12-8)7-14-3-1-2-4-14/h5H,1-4,6-7H2,(H,12,13,15). The molecule has 4 nitrogen and oxygen atoms in total. The van der Waals surface area contributed by atoms with Gasteiger partial charge in [-0.25, -0.2) is 4.98 Å². The highest BCUT2D eigenvalue weighted by atomic mass is 35.5. The molecule has 82 valence electrons. The minimum Gasteiger partial charge on any atom is -0.309 e. The Morgan fingerprint density at radius 2 is 2.20 bits per heavy atom. The molecule has 15 heavy (non-hydrogen) atoms. The predicted octanol–water partition coefficient (Wildman–Crippen LogP) is 1.10. The van der Waals surface area contributed by atoms with E-state index in [0.29, 0.717) is 5.69 Å². The lowest BCUT2D eigenvalue weighted by Crippen LogP contribution is -2.23. The second-order valence-corrected chi connectivity index (χ2v) is 4.07. The molecule has 0 atom stereocenters. The van der Waals surface area contributed by atoms with E-state index in [1.165, 1.54) is 18.9 Å². The summed E-state index contributed by atoms with van der Waals surface area (Å²) >= 11 is 5.66. The molecular formula is C10H14ClN3O. The minimum absolute atomic E-state index is 0.116. The average Bonchev–Trinajstić information content (AvgIpc) is 2.69. The molecule has 1 aliphatic heterocycles. The van der Waals surface area contributed by atoms with Crippen LogP contribution < -0.4 is 5.56 Å². The van der Waals surface area contributed by atoms with Gasteiger partial charge in [-0.15, -0.1) is 11.6 Å². The molecule has 0 unspecified atom stereocenters. The summed E-state index contributed by atoms with van der Waals surface area (Å²) in [6.07, 6.45) is 2.47. The number of nitrogens with zero attached hydrogens (tertiary/aromatic N) is 2. The SMILES string of the molecule is O=c1cc(CCl)nc(CN2CCCC2)[nH]1. The molecule has 5 heteroatoms. The Labute approximate surface area is 93.3 Å². The first-order valence-corrected chi connectivity index (χ1v) is 5.69. The van der Waals surface area contributed by atoms with E-state index >= 15 is 0 Å². The third kappa shape index (κ3) is 2.79. The molecule has 1 aromatic rings.